The van der Waals surface area contributed by atoms with Crippen molar-refractivity contribution in [3.05, 3.63) is 35.9 Å². The molecule has 0 N–H and O–H groups in total. The van der Waals surface area contributed by atoms with Gasteiger partial charge in [-0.1, -0.05) is 30.3 Å². The Hall–Kier alpha value is -1.36. The van der Waals surface area contributed by atoms with E-state index in [1.165, 1.54) is 0 Å². The summed E-state index contributed by atoms with van der Waals surface area (Å²) in [6.45, 7) is 4.38. The fraction of sp³-hybridized carbons (Fsp3) is 0.500. The van der Waals surface area contributed by atoms with Crippen LogP contribution in [0.25, 0.3) is 0 Å². The fourth-order valence-corrected chi connectivity index (χ4v) is 2.30. The Labute approximate surface area is 115 Å². The highest BCUT2D eigenvalue weighted by atomic mass is 32.2. The van der Waals surface area contributed by atoms with Gasteiger partial charge in [-0.2, -0.15) is 0 Å². The van der Waals surface area contributed by atoms with Gasteiger partial charge in [-0.15, -0.1) is 0 Å². The zero-order chi connectivity index (χ0) is 14.5. The molecular formula is C14H21NO3S. The number of hydrogen-bond acceptors (Lipinski definition) is 3. The van der Waals surface area contributed by atoms with E-state index in [-0.39, 0.29) is 24.1 Å². The Morgan fingerprint density at radius 1 is 1.21 bits per heavy atom. The van der Waals surface area contributed by atoms with Crippen molar-refractivity contribution >= 4 is 15.7 Å². The molecule has 0 aliphatic rings. The molecule has 0 spiro atoms. The Morgan fingerprint density at radius 2 is 1.79 bits per heavy atom. The number of carbonyl (C=O) groups is 1. The molecule has 0 saturated carbocycles. The fourth-order valence-electron chi connectivity index (χ4n) is 1.76. The van der Waals surface area contributed by atoms with Crippen molar-refractivity contribution in [2.75, 3.05) is 12.0 Å². The zero-order valence-electron chi connectivity index (χ0n) is 11.7. The summed E-state index contributed by atoms with van der Waals surface area (Å²) in [5, 5.41) is 0. The first-order valence-electron chi connectivity index (χ1n) is 6.30. The molecule has 0 radical (unpaired) electrons. The van der Waals surface area contributed by atoms with E-state index < -0.39 is 9.84 Å². The summed E-state index contributed by atoms with van der Waals surface area (Å²) >= 11 is 0. The van der Waals surface area contributed by atoms with E-state index in [0.29, 0.717) is 6.54 Å². The van der Waals surface area contributed by atoms with Gasteiger partial charge in [0.25, 0.3) is 0 Å². The third kappa shape index (κ3) is 5.87. The molecule has 0 unspecified atom stereocenters. The van der Waals surface area contributed by atoms with Gasteiger partial charge in [-0.25, -0.2) is 8.42 Å². The van der Waals surface area contributed by atoms with Crippen LogP contribution in [0.15, 0.2) is 30.3 Å². The number of rotatable bonds is 6. The number of carbonyl (C=O) groups excluding carboxylic acids is 1. The van der Waals surface area contributed by atoms with Gasteiger partial charge in [0.05, 0.1) is 5.75 Å². The lowest BCUT2D eigenvalue weighted by molar-refractivity contribution is -0.133. The average Bonchev–Trinajstić information content (AvgIpc) is 2.33. The predicted molar refractivity (Wildman–Crippen MR) is 76.5 cm³/mol. The second-order valence-electron chi connectivity index (χ2n) is 4.98. The summed E-state index contributed by atoms with van der Waals surface area (Å²) in [5.74, 6) is -0.214. The maximum absolute atomic E-state index is 12.1. The lowest BCUT2D eigenvalue weighted by atomic mass is 10.2. The predicted octanol–water partition coefficient (Wildman–Crippen LogP) is 1.86. The summed E-state index contributed by atoms with van der Waals surface area (Å²) in [5.41, 5.74) is 1.05. The molecule has 0 aliphatic carbocycles. The maximum Gasteiger partial charge on any atom is 0.224 e. The van der Waals surface area contributed by atoms with Crippen LogP contribution in [0, 0.1) is 0 Å². The first-order valence-corrected chi connectivity index (χ1v) is 8.37. The van der Waals surface area contributed by atoms with Crippen molar-refractivity contribution in [1.29, 1.82) is 0 Å². The molecule has 4 nitrogen and oxygen atoms in total. The highest BCUT2D eigenvalue weighted by Crippen LogP contribution is 2.10. The van der Waals surface area contributed by atoms with E-state index >= 15 is 0 Å². The average molecular weight is 283 g/mol. The van der Waals surface area contributed by atoms with Crippen molar-refractivity contribution in [2.45, 2.75) is 32.9 Å². The van der Waals surface area contributed by atoms with Crippen LogP contribution in [0.4, 0.5) is 0 Å². The van der Waals surface area contributed by atoms with E-state index in [4.69, 9.17) is 0 Å². The summed E-state index contributed by atoms with van der Waals surface area (Å²) in [7, 11) is -3.10. The van der Waals surface area contributed by atoms with E-state index in [0.717, 1.165) is 11.8 Å². The highest BCUT2D eigenvalue weighted by molar-refractivity contribution is 7.90. The SMILES string of the molecule is CC(C)N(Cc1ccccc1)C(=O)CCS(C)(=O)=O. The molecule has 1 aromatic carbocycles. The van der Waals surface area contributed by atoms with Crippen LogP contribution in [0.5, 0.6) is 0 Å². The number of hydrogen-bond donors (Lipinski definition) is 0. The van der Waals surface area contributed by atoms with Gasteiger partial charge in [0, 0.05) is 25.3 Å². The monoisotopic (exact) mass is 283 g/mol. The lowest BCUT2D eigenvalue weighted by Crippen LogP contribution is -2.37. The molecule has 19 heavy (non-hydrogen) atoms. The van der Waals surface area contributed by atoms with Crippen LogP contribution >= 0.6 is 0 Å². The molecule has 0 atom stereocenters. The third-order valence-electron chi connectivity index (χ3n) is 2.83. The number of sulfone groups is 1. The van der Waals surface area contributed by atoms with Crippen molar-refractivity contribution in [1.82, 2.24) is 4.90 Å². The minimum atomic E-state index is -3.10. The Morgan fingerprint density at radius 3 is 2.26 bits per heavy atom. The molecule has 0 fully saturated rings. The van der Waals surface area contributed by atoms with Crippen LogP contribution in [0.3, 0.4) is 0 Å². The zero-order valence-corrected chi connectivity index (χ0v) is 12.5. The normalized spacial score (nSPS) is 11.6. The molecule has 1 amide bonds. The second-order valence-corrected chi connectivity index (χ2v) is 7.24. The van der Waals surface area contributed by atoms with E-state index in [9.17, 15) is 13.2 Å². The van der Waals surface area contributed by atoms with E-state index in [2.05, 4.69) is 0 Å². The third-order valence-corrected chi connectivity index (χ3v) is 3.77. The smallest absolute Gasteiger partial charge is 0.224 e. The second kappa shape index (κ2) is 6.70. The standard InChI is InChI=1S/C14H21NO3S/c1-12(2)15(11-13-7-5-4-6-8-13)14(16)9-10-19(3,17)18/h4-8,12H,9-11H2,1-3H3. The van der Waals surface area contributed by atoms with Gasteiger partial charge >= 0.3 is 0 Å². The Balaban J connectivity index is 2.70. The molecule has 5 heteroatoms. The van der Waals surface area contributed by atoms with Gasteiger partial charge in [-0.05, 0) is 19.4 Å². The van der Waals surface area contributed by atoms with Crippen LogP contribution in [0.2, 0.25) is 0 Å². The summed E-state index contributed by atoms with van der Waals surface area (Å²) in [4.78, 5) is 13.8. The van der Waals surface area contributed by atoms with Gasteiger partial charge in [0.1, 0.15) is 9.84 Å². The number of benzene rings is 1. The molecule has 1 rings (SSSR count). The van der Waals surface area contributed by atoms with Gasteiger partial charge < -0.3 is 4.90 Å². The molecule has 106 valence electrons. The van der Waals surface area contributed by atoms with Gasteiger partial charge in [0.2, 0.25) is 5.91 Å². The molecule has 0 aromatic heterocycles. The lowest BCUT2D eigenvalue weighted by Gasteiger charge is -2.27. The van der Waals surface area contributed by atoms with Crippen molar-refractivity contribution in [2.24, 2.45) is 0 Å². The van der Waals surface area contributed by atoms with Crippen LogP contribution in [0.1, 0.15) is 25.8 Å². The summed E-state index contributed by atoms with van der Waals surface area (Å²) in [6, 6.07) is 9.74. The minimum absolute atomic E-state index is 0.0455. The first kappa shape index (κ1) is 15.7. The number of nitrogens with zero attached hydrogens (tertiary/aromatic N) is 1. The van der Waals surface area contributed by atoms with Crippen molar-refractivity contribution < 1.29 is 13.2 Å². The van der Waals surface area contributed by atoms with E-state index in [1.54, 1.807) is 4.90 Å². The molecule has 0 bridgehead atoms. The molecule has 0 saturated heterocycles. The largest absolute Gasteiger partial charge is 0.336 e. The number of amides is 1. The summed E-state index contributed by atoms with van der Waals surface area (Å²) in [6.07, 6.45) is 1.20. The van der Waals surface area contributed by atoms with Gasteiger partial charge in [-0.3, -0.25) is 4.79 Å². The first-order chi connectivity index (χ1) is 8.79. The summed E-state index contributed by atoms with van der Waals surface area (Å²) < 4.78 is 22.2. The minimum Gasteiger partial charge on any atom is -0.336 e. The van der Waals surface area contributed by atoms with Crippen LogP contribution in [-0.2, 0) is 21.2 Å². The molecule has 1 aromatic rings. The quantitative estimate of drug-likeness (QED) is 0.800. The highest BCUT2D eigenvalue weighted by Gasteiger charge is 2.18. The maximum atomic E-state index is 12.1. The van der Waals surface area contributed by atoms with Crippen LogP contribution in [-0.4, -0.2) is 37.3 Å². The Kier molecular flexibility index (Phi) is 5.54. The van der Waals surface area contributed by atoms with Crippen LogP contribution < -0.4 is 0 Å². The topological polar surface area (TPSA) is 54.5 Å². The Bertz CT molecular complexity index is 509. The van der Waals surface area contributed by atoms with Crippen molar-refractivity contribution in [3.63, 3.8) is 0 Å². The van der Waals surface area contributed by atoms with Gasteiger partial charge in [0.15, 0.2) is 0 Å². The molecular weight excluding hydrogens is 262 g/mol. The molecule has 0 aliphatic heterocycles. The molecule has 0 heterocycles. The van der Waals surface area contributed by atoms with Crippen molar-refractivity contribution in [3.8, 4) is 0 Å². The van der Waals surface area contributed by atoms with E-state index in [1.807, 2.05) is 44.2 Å².